The van der Waals surface area contributed by atoms with E-state index in [1.807, 2.05) is 41.6 Å². The van der Waals surface area contributed by atoms with Gasteiger partial charge < -0.3 is 14.2 Å². The molecule has 2 atom stereocenters. The molecule has 2 saturated heterocycles. The smallest absolute Gasteiger partial charge is 0.259 e. The topological polar surface area (TPSA) is 76.4 Å². The normalized spacial score (nSPS) is 24.3. The molecule has 0 N–H and O–H groups in total. The molecule has 0 bridgehead atoms. The molecule has 216 valence electrons. The molecule has 2 aromatic heterocycles. The zero-order chi connectivity index (χ0) is 28.5. The second-order valence-corrected chi connectivity index (χ2v) is 12.6. The summed E-state index contributed by atoms with van der Waals surface area (Å²) in [5, 5.41) is 8.33. The van der Waals surface area contributed by atoms with E-state index in [1.54, 1.807) is 13.3 Å². The first-order valence-electron chi connectivity index (χ1n) is 14.6. The molecule has 10 heteroatoms. The lowest BCUT2D eigenvalue weighted by Crippen LogP contribution is -2.49. The summed E-state index contributed by atoms with van der Waals surface area (Å²) in [6.07, 6.45) is 4.40. The third-order valence-corrected chi connectivity index (χ3v) is 9.70. The van der Waals surface area contributed by atoms with Crippen molar-refractivity contribution in [1.82, 2.24) is 24.6 Å². The van der Waals surface area contributed by atoms with Gasteiger partial charge in [-0.25, -0.2) is 8.78 Å². The van der Waals surface area contributed by atoms with Gasteiger partial charge in [0.1, 0.15) is 12.2 Å². The van der Waals surface area contributed by atoms with Crippen molar-refractivity contribution >= 4 is 11.6 Å². The first kappa shape index (κ1) is 26.6. The van der Waals surface area contributed by atoms with Crippen LogP contribution in [0.3, 0.4) is 0 Å². The average Bonchev–Trinajstić information content (AvgIpc) is 3.63. The van der Waals surface area contributed by atoms with Crippen molar-refractivity contribution < 1.29 is 18.3 Å². The minimum absolute atomic E-state index is 0.0272. The highest BCUT2D eigenvalue weighted by atomic mass is 19.3. The van der Waals surface area contributed by atoms with Gasteiger partial charge in [0.15, 0.2) is 0 Å². The second-order valence-electron chi connectivity index (χ2n) is 12.6. The Kier molecular flexibility index (Phi) is 6.28. The Bertz CT molecular complexity index is 1500. The molecule has 0 spiro atoms. The van der Waals surface area contributed by atoms with Gasteiger partial charge in [-0.2, -0.15) is 0 Å². The number of amides is 1. The lowest BCUT2D eigenvalue weighted by Gasteiger charge is -2.42. The highest BCUT2D eigenvalue weighted by Crippen LogP contribution is 2.46. The molecular weight excluding hydrogens is 526 g/mol. The van der Waals surface area contributed by atoms with Gasteiger partial charge in [0, 0.05) is 78.8 Å². The summed E-state index contributed by atoms with van der Waals surface area (Å²) < 4.78 is 36.0. The number of benzene rings is 1. The number of rotatable bonds is 7. The Morgan fingerprint density at radius 2 is 2.00 bits per heavy atom. The summed E-state index contributed by atoms with van der Waals surface area (Å²) in [5.74, 6) is -2.11. The predicted molar refractivity (Wildman–Crippen MR) is 149 cm³/mol. The van der Waals surface area contributed by atoms with Crippen LogP contribution in [0.25, 0.3) is 0 Å². The Labute approximate surface area is 238 Å². The number of hydrogen-bond donors (Lipinski definition) is 0. The van der Waals surface area contributed by atoms with Gasteiger partial charge >= 0.3 is 0 Å². The maximum atomic E-state index is 14.2. The molecule has 1 amide bonds. The first-order valence-corrected chi connectivity index (χ1v) is 14.6. The molecule has 1 saturated carbocycles. The van der Waals surface area contributed by atoms with Crippen LogP contribution in [0.4, 0.5) is 14.5 Å². The quantitative estimate of drug-likeness (QED) is 0.412. The second kappa shape index (κ2) is 9.66. The zero-order valence-electron chi connectivity index (χ0n) is 23.8. The lowest BCUT2D eigenvalue weighted by molar-refractivity contribution is -0.105. The van der Waals surface area contributed by atoms with Gasteiger partial charge in [-0.15, -0.1) is 10.2 Å². The van der Waals surface area contributed by atoms with Crippen molar-refractivity contribution in [3.8, 4) is 0 Å². The first-order chi connectivity index (χ1) is 19.6. The third-order valence-electron chi connectivity index (χ3n) is 9.70. The van der Waals surface area contributed by atoms with Crippen molar-refractivity contribution in [2.75, 3.05) is 31.2 Å². The Morgan fingerprint density at radius 3 is 2.66 bits per heavy atom. The predicted octanol–water partition coefficient (Wildman–Crippen LogP) is 4.80. The third kappa shape index (κ3) is 4.55. The summed E-state index contributed by atoms with van der Waals surface area (Å²) in [4.78, 5) is 23.0. The summed E-state index contributed by atoms with van der Waals surface area (Å²) >= 11 is 0. The number of ether oxygens (including phenoxy) is 1. The fourth-order valence-corrected chi connectivity index (χ4v) is 6.61. The Hall–Kier alpha value is -3.24. The molecule has 3 aliphatic heterocycles. The molecule has 0 radical (unpaired) electrons. The van der Waals surface area contributed by atoms with E-state index < -0.39 is 11.8 Å². The van der Waals surface area contributed by atoms with Gasteiger partial charge in [0.2, 0.25) is 0 Å². The van der Waals surface area contributed by atoms with Crippen molar-refractivity contribution in [1.29, 1.82) is 0 Å². The number of aromatic nitrogens is 4. The molecule has 41 heavy (non-hydrogen) atoms. The van der Waals surface area contributed by atoms with Crippen molar-refractivity contribution in [2.24, 2.45) is 13.0 Å². The molecule has 2 unspecified atom stereocenters. The number of aryl methyl sites for hydroxylation is 1. The van der Waals surface area contributed by atoms with Crippen LogP contribution in [0.15, 0.2) is 36.7 Å². The van der Waals surface area contributed by atoms with Gasteiger partial charge in [0.05, 0.1) is 25.5 Å². The molecule has 1 aliphatic carbocycles. The SMILES string of the molecule is CC(c1cc2c(c(C3CC3)n1)CN(c1cccc(C3(Cc4nncn4C)COC3)c1)C2=O)N1CCC(F)(F)C(C)C1. The van der Waals surface area contributed by atoms with E-state index in [1.165, 1.54) is 0 Å². The van der Waals surface area contributed by atoms with Crippen LogP contribution in [0, 0.1) is 5.92 Å². The maximum Gasteiger partial charge on any atom is 0.259 e. The number of piperidine rings is 1. The number of alkyl halides is 2. The number of fused-ring (bicyclic) bond motifs is 1. The van der Waals surface area contributed by atoms with E-state index in [2.05, 4.69) is 27.2 Å². The van der Waals surface area contributed by atoms with E-state index in [4.69, 9.17) is 9.72 Å². The fourth-order valence-electron chi connectivity index (χ4n) is 6.61. The largest absolute Gasteiger partial charge is 0.379 e. The lowest BCUT2D eigenvalue weighted by atomic mass is 9.75. The summed E-state index contributed by atoms with van der Waals surface area (Å²) in [6.45, 7) is 5.96. The van der Waals surface area contributed by atoms with Crippen LogP contribution in [0.5, 0.6) is 0 Å². The number of hydrogen-bond acceptors (Lipinski definition) is 6. The molecule has 5 heterocycles. The molecule has 4 aliphatic rings. The molecule has 8 nitrogen and oxygen atoms in total. The van der Waals surface area contributed by atoms with Crippen molar-refractivity contribution in [3.05, 3.63) is 70.6 Å². The van der Waals surface area contributed by atoms with Crippen LogP contribution in [-0.4, -0.2) is 62.8 Å². The number of carbonyl (C=O) groups excluding carboxylic acids is 1. The molecule has 3 aromatic rings. The molecule has 3 fully saturated rings. The van der Waals surface area contributed by atoms with E-state index >= 15 is 0 Å². The summed E-state index contributed by atoms with van der Waals surface area (Å²) in [7, 11) is 1.95. The highest BCUT2D eigenvalue weighted by Gasteiger charge is 2.44. The molecule has 1 aromatic carbocycles. The van der Waals surface area contributed by atoms with Gasteiger partial charge in [-0.1, -0.05) is 19.1 Å². The van der Waals surface area contributed by atoms with Crippen LogP contribution in [0.2, 0.25) is 0 Å². The zero-order valence-corrected chi connectivity index (χ0v) is 23.8. The number of halogens is 2. The molecular formula is C31H36F2N6O2. The number of nitrogens with zero attached hydrogens (tertiary/aromatic N) is 6. The van der Waals surface area contributed by atoms with Crippen molar-refractivity contribution in [3.63, 3.8) is 0 Å². The van der Waals surface area contributed by atoms with Crippen LogP contribution < -0.4 is 4.90 Å². The van der Waals surface area contributed by atoms with E-state index in [-0.39, 0.29) is 23.8 Å². The van der Waals surface area contributed by atoms with Crippen LogP contribution in [0.1, 0.15) is 83.8 Å². The fraction of sp³-hybridized carbons (Fsp3) is 0.548. The van der Waals surface area contributed by atoms with Crippen LogP contribution in [-0.2, 0) is 30.2 Å². The number of likely N-dealkylation sites (tertiary alicyclic amines) is 1. The number of anilines is 1. The maximum absolute atomic E-state index is 14.2. The van der Waals surface area contributed by atoms with Gasteiger partial charge in [-0.3, -0.25) is 14.7 Å². The Morgan fingerprint density at radius 1 is 1.20 bits per heavy atom. The van der Waals surface area contributed by atoms with E-state index in [0.717, 1.165) is 46.9 Å². The summed E-state index contributed by atoms with van der Waals surface area (Å²) in [6, 6.07) is 10.0. The van der Waals surface area contributed by atoms with Gasteiger partial charge in [-0.05, 0) is 43.5 Å². The highest BCUT2D eigenvalue weighted by molar-refractivity contribution is 6.10. The minimum Gasteiger partial charge on any atom is -0.379 e. The van der Waals surface area contributed by atoms with E-state index in [9.17, 15) is 13.6 Å². The minimum atomic E-state index is -2.63. The van der Waals surface area contributed by atoms with Gasteiger partial charge in [0.25, 0.3) is 11.8 Å². The average molecular weight is 563 g/mol. The monoisotopic (exact) mass is 562 g/mol. The standard InChI is InChI=1S/C31H36F2N6O2/c1-19-14-38(10-9-31(19,32)33)20(2)26-12-24-25(28(35-26)21-7-8-21)15-39(29(24)40)23-6-4-5-22(11-23)30(16-41-17-30)13-27-36-34-18-37(27)3/h4-6,11-12,18-21H,7-10,13-17H2,1-3H3. The van der Waals surface area contributed by atoms with Crippen LogP contribution >= 0.6 is 0 Å². The van der Waals surface area contributed by atoms with E-state index in [0.29, 0.717) is 50.8 Å². The number of pyridine rings is 1. The van der Waals surface area contributed by atoms with Crippen molar-refractivity contribution in [2.45, 2.75) is 69.4 Å². The molecule has 7 rings (SSSR count). The Balaban J connectivity index is 1.18. The number of carbonyl (C=O) groups is 1. The summed E-state index contributed by atoms with van der Waals surface area (Å²) in [5.41, 5.74) is 5.30.